The molecule has 0 unspecified atom stereocenters. The topological polar surface area (TPSA) is 71.0 Å². The summed E-state index contributed by atoms with van der Waals surface area (Å²) >= 11 is 0. The van der Waals surface area contributed by atoms with Gasteiger partial charge in [0, 0.05) is 18.7 Å². The number of nitrogens with one attached hydrogen (secondary N) is 1. The summed E-state index contributed by atoms with van der Waals surface area (Å²) < 4.78 is 11.9. The zero-order chi connectivity index (χ0) is 18.6. The Morgan fingerprint density at radius 3 is 3.00 bits per heavy atom. The predicted molar refractivity (Wildman–Crippen MR) is 98.0 cm³/mol. The quantitative estimate of drug-likeness (QED) is 0.531. The third-order valence-corrected chi connectivity index (χ3v) is 8.17. The van der Waals surface area contributed by atoms with Gasteiger partial charge < -0.3 is 19.5 Å². The second-order valence-corrected chi connectivity index (χ2v) is 8.50. The number of carbonyl (C=O) groups is 1. The molecule has 5 heterocycles. The maximum absolute atomic E-state index is 13.5. The van der Waals surface area contributed by atoms with E-state index >= 15 is 0 Å². The van der Waals surface area contributed by atoms with Crippen LogP contribution >= 0.6 is 0 Å². The van der Waals surface area contributed by atoms with Gasteiger partial charge in [0.15, 0.2) is 6.29 Å². The van der Waals surface area contributed by atoms with Crippen molar-refractivity contribution in [2.45, 2.75) is 43.2 Å². The van der Waals surface area contributed by atoms with Crippen molar-refractivity contribution >= 4 is 11.7 Å². The summed E-state index contributed by atoms with van der Waals surface area (Å²) in [5.41, 5.74) is 1.08. The summed E-state index contributed by atoms with van der Waals surface area (Å²) in [6, 6.07) is 8.28. The fourth-order valence-electron chi connectivity index (χ4n) is 7.36. The van der Waals surface area contributed by atoms with E-state index in [1.807, 2.05) is 19.1 Å². The smallest absolute Gasteiger partial charge is 0.319 e. The number of likely N-dealkylation sites (N-methyl/N-ethyl adjacent to an activating group) is 1. The Hall–Kier alpha value is -1.89. The highest BCUT2D eigenvalue weighted by molar-refractivity contribution is 5.89. The summed E-state index contributed by atoms with van der Waals surface area (Å²) in [5, 5.41) is 15.0. The van der Waals surface area contributed by atoms with Crippen molar-refractivity contribution in [3.05, 3.63) is 41.5 Å². The van der Waals surface area contributed by atoms with Crippen molar-refractivity contribution in [3.63, 3.8) is 0 Å². The molecule has 0 aromatic heterocycles. The number of para-hydroxylation sites is 1. The largest absolute Gasteiger partial charge is 0.458 e. The number of rotatable bonds is 0. The number of ether oxygens (including phenoxy) is 2. The van der Waals surface area contributed by atoms with Crippen LogP contribution in [0.2, 0.25) is 0 Å². The van der Waals surface area contributed by atoms with Crippen molar-refractivity contribution < 1.29 is 19.4 Å². The SMILES string of the molecule is C/C=C1/CO[C@@H](O)[C@]23C(=O)O[C@H](C[C@@H]12)[C@]12NCC[C@]31c1ccccc1N2C. The third kappa shape index (κ3) is 1.33. The number of carbonyl (C=O) groups excluding carboxylic acids is 1. The molecule has 1 aromatic carbocycles. The molecule has 2 N–H and O–H groups in total. The fourth-order valence-corrected chi connectivity index (χ4v) is 7.36. The Morgan fingerprint density at radius 1 is 1.37 bits per heavy atom. The molecule has 1 aromatic rings. The van der Waals surface area contributed by atoms with Crippen LogP contribution in [0, 0.1) is 11.3 Å². The lowest BCUT2D eigenvalue weighted by Gasteiger charge is -2.68. The average molecular weight is 368 g/mol. The number of hydrogen-bond donors (Lipinski definition) is 2. The molecule has 6 aliphatic rings. The number of aliphatic hydroxyl groups excluding tert-OH is 1. The van der Waals surface area contributed by atoms with E-state index < -0.39 is 22.8 Å². The Balaban J connectivity index is 1.75. The standard InChI is InChI=1S/C21H24N2O4/c1-3-12-11-26-17(24)20-14(12)10-16(27-18(20)25)21-19(20,8-9-22-21)13-6-4-5-7-15(13)23(21)2/h3-7,14,16-17,22,24H,8-11H2,1-2H3/b12-3-/t14-,16+,17+,19-,20-,21+/m0/s1. The van der Waals surface area contributed by atoms with Gasteiger partial charge in [0.05, 0.1) is 12.0 Å². The summed E-state index contributed by atoms with van der Waals surface area (Å²) in [7, 11) is 2.08. The molecule has 142 valence electrons. The lowest BCUT2D eigenvalue weighted by atomic mass is 9.42. The zero-order valence-electron chi connectivity index (χ0n) is 15.6. The molecule has 2 bridgehead atoms. The van der Waals surface area contributed by atoms with Crippen LogP contribution in [-0.4, -0.2) is 49.3 Å². The van der Waals surface area contributed by atoms with Gasteiger partial charge in [-0.25, -0.2) is 0 Å². The Kier molecular flexibility index (Phi) is 2.83. The molecular formula is C21H24N2O4. The first kappa shape index (κ1) is 16.1. The van der Waals surface area contributed by atoms with Crippen molar-refractivity contribution in [2.24, 2.45) is 11.3 Å². The molecule has 27 heavy (non-hydrogen) atoms. The van der Waals surface area contributed by atoms with Crippen LogP contribution in [-0.2, 0) is 19.7 Å². The molecule has 5 aliphatic heterocycles. The Bertz CT molecular complexity index is 900. The first-order valence-electron chi connectivity index (χ1n) is 9.80. The van der Waals surface area contributed by atoms with Crippen LogP contribution in [0.4, 0.5) is 5.69 Å². The number of anilines is 1. The number of benzene rings is 1. The van der Waals surface area contributed by atoms with Crippen LogP contribution in [0.5, 0.6) is 0 Å². The van der Waals surface area contributed by atoms with Crippen molar-refractivity contribution in [3.8, 4) is 0 Å². The van der Waals surface area contributed by atoms with E-state index in [4.69, 9.17) is 9.47 Å². The third-order valence-electron chi connectivity index (χ3n) is 8.17. The second kappa shape index (κ2) is 4.74. The molecule has 4 saturated heterocycles. The van der Waals surface area contributed by atoms with E-state index in [0.29, 0.717) is 13.0 Å². The van der Waals surface area contributed by atoms with Gasteiger partial charge in [0.2, 0.25) is 0 Å². The highest BCUT2D eigenvalue weighted by Gasteiger charge is 2.87. The number of aliphatic hydroxyl groups is 1. The molecule has 1 saturated carbocycles. The van der Waals surface area contributed by atoms with E-state index in [1.54, 1.807) is 0 Å². The molecule has 1 aliphatic carbocycles. The minimum Gasteiger partial charge on any atom is -0.458 e. The number of esters is 1. The van der Waals surface area contributed by atoms with Crippen molar-refractivity contribution in [1.82, 2.24) is 5.32 Å². The first-order valence-corrected chi connectivity index (χ1v) is 9.80. The fraction of sp³-hybridized carbons (Fsp3) is 0.571. The van der Waals surface area contributed by atoms with E-state index in [2.05, 4.69) is 35.5 Å². The molecule has 6 nitrogen and oxygen atoms in total. The highest BCUT2D eigenvalue weighted by atomic mass is 16.6. The minimum absolute atomic E-state index is 0.0647. The van der Waals surface area contributed by atoms with Gasteiger partial charge in [-0.1, -0.05) is 24.3 Å². The summed E-state index contributed by atoms with van der Waals surface area (Å²) in [4.78, 5) is 15.8. The zero-order valence-corrected chi connectivity index (χ0v) is 15.6. The summed E-state index contributed by atoms with van der Waals surface area (Å²) in [6.45, 7) is 3.14. The molecular weight excluding hydrogens is 344 g/mol. The van der Waals surface area contributed by atoms with Crippen LogP contribution < -0.4 is 10.2 Å². The summed E-state index contributed by atoms with van der Waals surface area (Å²) in [5.74, 6) is -0.371. The maximum atomic E-state index is 13.5. The van der Waals surface area contributed by atoms with Crippen LogP contribution in [0.25, 0.3) is 0 Å². The first-order chi connectivity index (χ1) is 13.1. The highest BCUT2D eigenvalue weighted by Crippen LogP contribution is 2.74. The Morgan fingerprint density at radius 2 is 2.19 bits per heavy atom. The molecule has 6 heteroatoms. The van der Waals surface area contributed by atoms with Crippen molar-refractivity contribution in [1.29, 1.82) is 0 Å². The van der Waals surface area contributed by atoms with E-state index in [0.717, 1.165) is 29.8 Å². The molecule has 6 atom stereocenters. The normalized spacial score (nSPS) is 48.1. The lowest BCUT2D eigenvalue weighted by molar-refractivity contribution is -0.297. The van der Waals surface area contributed by atoms with Gasteiger partial charge in [-0.05, 0) is 43.5 Å². The number of hydrogen-bond acceptors (Lipinski definition) is 6. The molecule has 0 radical (unpaired) electrons. The van der Waals surface area contributed by atoms with Gasteiger partial charge in [0.1, 0.15) is 17.2 Å². The lowest BCUT2D eigenvalue weighted by Crippen LogP contribution is -2.85. The van der Waals surface area contributed by atoms with Gasteiger partial charge in [-0.2, -0.15) is 0 Å². The van der Waals surface area contributed by atoms with E-state index in [9.17, 15) is 9.90 Å². The van der Waals surface area contributed by atoms with Gasteiger partial charge >= 0.3 is 5.97 Å². The number of allylic oxidation sites excluding steroid dienone is 1. The number of fused-ring (bicyclic) bond motifs is 2. The van der Waals surface area contributed by atoms with Gasteiger partial charge in [-0.3, -0.25) is 10.1 Å². The maximum Gasteiger partial charge on any atom is 0.319 e. The molecule has 5 fully saturated rings. The Labute approximate surface area is 158 Å². The van der Waals surface area contributed by atoms with E-state index in [1.165, 1.54) is 0 Å². The van der Waals surface area contributed by atoms with E-state index in [-0.39, 0.29) is 18.0 Å². The minimum atomic E-state index is -1.18. The average Bonchev–Trinajstić information content (AvgIpc) is 3.20. The van der Waals surface area contributed by atoms with Gasteiger partial charge in [0.25, 0.3) is 0 Å². The molecule has 0 amide bonds. The molecule has 1 spiro atoms. The summed E-state index contributed by atoms with van der Waals surface area (Å²) in [6.07, 6.45) is 2.08. The second-order valence-electron chi connectivity index (χ2n) is 8.50. The monoisotopic (exact) mass is 368 g/mol. The van der Waals surface area contributed by atoms with Crippen LogP contribution in [0.1, 0.15) is 25.3 Å². The predicted octanol–water partition coefficient (Wildman–Crippen LogP) is 1.29. The molecule has 7 rings (SSSR count). The van der Waals surface area contributed by atoms with Crippen LogP contribution in [0.15, 0.2) is 35.9 Å². The number of nitrogens with zero attached hydrogens (tertiary/aromatic N) is 1. The van der Waals surface area contributed by atoms with Gasteiger partial charge in [-0.15, -0.1) is 0 Å². The van der Waals surface area contributed by atoms with Crippen LogP contribution in [0.3, 0.4) is 0 Å². The van der Waals surface area contributed by atoms with Crippen molar-refractivity contribution in [2.75, 3.05) is 25.1 Å².